The summed E-state index contributed by atoms with van der Waals surface area (Å²) in [6, 6.07) is 10.3. The van der Waals surface area contributed by atoms with Crippen LogP contribution >= 0.6 is 35.6 Å². The summed E-state index contributed by atoms with van der Waals surface area (Å²) in [5.74, 6) is 0.809. The van der Waals surface area contributed by atoms with Gasteiger partial charge in [-0.1, -0.05) is 23.7 Å². The van der Waals surface area contributed by atoms with Gasteiger partial charge >= 0.3 is 0 Å². The lowest BCUT2D eigenvalue weighted by Crippen LogP contribution is -2.42. The van der Waals surface area contributed by atoms with E-state index in [-0.39, 0.29) is 30.0 Å². The van der Waals surface area contributed by atoms with Gasteiger partial charge in [-0.15, -0.1) is 24.0 Å². The summed E-state index contributed by atoms with van der Waals surface area (Å²) in [6.45, 7) is 6.60. The Labute approximate surface area is 190 Å². The summed E-state index contributed by atoms with van der Waals surface area (Å²) in [6.07, 6.45) is 0.983. The molecule has 1 atom stereocenters. The minimum Gasteiger partial charge on any atom is -0.356 e. The normalized spacial score (nSPS) is 12.6. The van der Waals surface area contributed by atoms with Gasteiger partial charge in [0.25, 0.3) is 0 Å². The molecule has 156 valence electrons. The van der Waals surface area contributed by atoms with Crippen LogP contribution in [0.5, 0.6) is 0 Å². The van der Waals surface area contributed by atoms with Crippen LogP contribution in [-0.2, 0) is 6.54 Å². The van der Waals surface area contributed by atoms with E-state index in [0.717, 1.165) is 42.7 Å². The number of benzene rings is 1. The van der Waals surface area contributed by atoms with Crippen LogP contribution in [0.3, 0.4) is 0 Å². The number of aliphatic imine (C=N–C) groups is 1. The summed E-state index contributed by atoms with van der Waals surface area (Å²) in [4.78, 5) is 6.51. The molecule has 1 unspecified atom stereocenters. The van der Waals surface area contributed by atoms with Crippen molar-refractivity contribution in [2.24, 2.45) is 4.99 Å². The van der Waals surface area contributed by atoms with Crippen LogP contribution in [-0.4, -0.2) is 54.9 Å². The average Bonchev–Trinajstić information content (AvgIpc) is 2.95. The van der Waals surface area contributed by atoms with Crippen LogP contribution in [0.25, 0.3) is 0 Å². The standard InChI is InChI=1S/C20H31ClN6.HI/c1-15-13-16(2)27(25-15)12-6-11-23-20(22-3)24-14-19(26(4)5)17-7-9-18(21)10-8-17;/h7-10,13,19H,6,11-12,14H2,1-5H3,(H2,22,23,24);1H. The molecule has 6 nitrogen and oxygen atoms in total. The van der Waals surface area contributed by atoms with E-state index in [0.29, 0.717) is 0 Å². The van der Waals surface area contributed by atoms with E-state index >= 15 is 0 Å². The lowest BCUT2D eigenvalue weighted by Gasteiger charge is -2.26. The predicted octanol–water partition coefficient (Wildman–Crippen LogP) is 3.63. The number of nitrogens with one attached hydrogen (secondary N) is 2. The van der Waals surface area contributed by atoms with Crippen LogP contribution in [0.4, 0.5) is 0 Å². The number of guanidine groups is 1. The smallest absolute Gasteiger partial charge is 0.191 e. The molecule has 0 saturated heterocycles. The van der Waals surface area contributed by atoms with Crippen molar-refractivity contribution in [1.29, 1.82) is 0 Å². The van der Waals surface area contributed by atoms with Crippen molar-refractivity contribution >= 4 is 41.5 Å². The average molecular weight is 519 g/mol. The highest BCUT2D eigenvalue weighted by Crippen LogP contribution is 2.19. The molecule has 0 radical (unpaired) electrons. The van der Waals surface area contributed by atoms with Crippen LogP contribution in [0, 0.1) is 13.8 Å². The summed E-state index contributed by atoms with van der Waals surface area (Å²) < 4.78 is 2.05. The second kappa shape index (κ2) is 12.3. The monoisotopic (exact) mass is 518 g/mol. The molecule has 2 aromatic rings. The van der Waals surface area contributed by atoms with Crippen LogP contribution < -0.4 is 10.6 Å². The summed E-state index contributed by atoms with van der Waals surface area (Å²) in [5, 5.41) is 12.0. The predicted molar refractivity (Wildman–Crippen MR) is 129 cm³/mol. The number of nitrogens with zero attached hydrogens (tertiary/aromatic N) is 4. The summed E-state index contributed by atoms with van der Waals surface area (Å²) >= 11 is 6.01. The largest absolute Gasteiger partial charge is 0.356 e. The first-order valence-corrected chi connectivity index (χ1v) is 9.66. The van der Waals surface area contributed by atoms with Gasteiger partial charge in [0.05, 0.1) is 11.7 Å². The van der Waals surface area contributed by atoms with Crippen molar-refractivity contribution < 1.29 is 0 Å². The number of aromatic nitrogens is 2. The summed E-state index contributed by atoms with van der Waals surface area (Å²) in [7, 11) is 5.94. The topological polar surface area (TPSA) is 57.5 Å². The molecule has 1 heterocycles. The quantitative estimate of drug-likeness (QED) is 0.243. The third kappa shape index (κ3) is 7.60. The van der Waals surface area contributed by atoms with E-state index in [9.17, 15) is 0 Å². The van der Waals surface area contributed by atoms with Crippen LogP contribution in [0.1, 0.15) is 29.4 Å². The Hall–Kier alpha value is -1.32. The Balaban J connectivity index is 0.00000392. The fourth-order valence-corrected chi connectivity index (χ4v) is 3.16. The zero-order valence-electron chi connectivity index (χ0n) is 17.4. The molecule has 0 aliphatic rings. The van der Waals surface area contributed by atoms with Gasteiger partial charge < -0.3 is 15.5 Å². The van der Waals surface area contributed by atoms with Gasteiger partial charge in [0.15, 0.2) is 5.96 Å². The van der Waals surface area contributed by atoms with Gasteiger partial charge in [-0.05, 0) is 58.1 Å². The lowest BCUT2D eigenvalue weighted by molar-refractivity contribution is 0.298. The molecule has 0 fully saturated rings. The second-order valence-corrected chi connectivity index (χ2v) is 7.35. The van der Waals surface area contributed by atoms with E-state index in [2.05, 4.69) is 69.5 Å². The molecule has 8 heteroatoms. The first kappa shape index (κ1) is 24.7. The fraction of sp³-hybridized carbons (Fsp3) is 0.500. The zero-order chi connectivity index (χ0) is 19.8. The SMILES string of the molecule is CN=C(NCCCn1nc(C)cc1C)NCC(c1ccc(Cl)cc1)N(C)C.I. The molecule has 0 amide bonds. The number of hydrogen-bond donors (Lipinski definition) is 2. The van der Waals surface area contributed by atoms with E-state index < -0.39 is 0 Å². The molecule has 0 aliphatic carbocycles. The molecule has 0 bridgehead atoms. The van der Waals surface area contributed by atoms with E-state index in [1.165, 1.54) is 11.3 Å². The van der Waals surface area contributed by atoms with E-state index in [4.69, 9.17) is 11.6 Å². The van der Waals surface area contributed by atoms with E-state index in [1.54, 1.807) is 7.05 Å². The summed E-state index contributed by atoms with van der Waals surface area (Å²) in [5.41, 5.74) is 3.48. The molecular formula is C20H32ClIN6. The highest BCUT2D eigenvalue weighted by Gasteiger charge is 2.14. The van der Waals surface area contributed by atoms with Crippen molar-refractivity contribution in [3.63, 3.8) is 0 Å². The Morgan fingerprint density at radius 2 is 1.89 bits per heavy atom. The van der Waals surface area contributed by atoms with Crippen molar-refractivity contribution in [2.45, 2.75) is 32.9 Å². The maximum atomic E-state index is 6.01. The number of rotatable bonds is 8. The van der Waals surface area contributed by atoms with Gasteiger partial charge in [0.2, 0.25) is 0 Å². The molecule has 28 heavy (non-hydrogen) atoms. The minimum atomic E-state index is 0. The molecule has 0 aliphatic heterocycles. The lowest BCUT2D eigenvalue weighted by atomic mass is 10.1. The Kier molecular flexibility index (Phi) is 10.8. The number of aryl methyl sites for hydroxylation is 3. The molecule has 0 spiro atoms. The molecule has 1 aromatic heterocycles. The Morgan fingerprint density at radius 1 is 1.21 bits per heavy atom. The van der Waals surface area contributed by atoms with Crippen LogP contribution in [0.15, 0.2) is 35.3 Å². The Bertz CT molecular complexity index is 742. The fourth-order valence-electron chi connectivity index (χ4n) is 3.03. The maximum Gasteiger partial charge on any atom is 0.191 e. The molecule has 0 saturated carbocycles. The van der Waals surface area contributed by atoms with Crippen molar-refractivity contribution in [3.05, 3.63) is 52.3 Å². The van der Waals surface area contributed by atoms with Crippen molar-refractivity contribution in [3.8, 4) is 0 Å². The maximum absolute atomic E-state index is 6.01. The van der Waals surface area contributed by atoms with Crippen molar-refractivity contribution in [2.75, 3.05) is 34.2 Å². The highest BCUT2D eigenvalue weighted by atomic mass is 127. The van der Waals surface area contributed by atoms with Gasteiger partial charge in [-0.3, -0.25) is 9.67 Å². The van der Waals surface area contributed by atoms with Crippen LogP contribution in [0.2, 0.25) is 5.02 Å². The number of likely N-dealkylation sites (N-methyl/N-ethyl adjacent to an activating group) is 1. The van der Waals surface area contributed by atoms with Gasteiger partial charge in [0.1, 0.15) is 0 Å². The molecule has 2 rings (SSSR count). The molecule has 1 aromatic carbocycles. The first-order chi connectivity index (χ1) is 12.9. The third-order valence-corrected chi connectivity index (χ3v) is 4.76. The number of halogens is 2. The Morgan fingerprint density at radius 3 is 2.43 bits per heavy atom. The van der Waals surface area contributed by atoms with E-state index in [1.807, 2.05) is 19.1 Å². The number of hydrogen-bond acceptors (Lipinski definition) is 3. The van der Waals surface area contributed by atoms with Gasteiger partial charge in [-0.2, -0.15) is 5.10 Å². The molecular weight excluding hydrogens is 487 g/mol. The highest BCUT2D eigenvalue weighted by molar-refractivity contribution is 14.0. The third-order valence-electron chi connectivity index (χ3n) is 4.51. The van der Waals surface area contributed by atoms with Crippen molar-refractivity contribution in [1.82, 2.24) is 25.3 Å². The van der Waals surface area contributed by atoms with Gasteiger partial charge in [-0.25, -0.2) is 0 Å². The zero-order valence-corrected chi connectivity index (χ0v) is 20.5. The minimum absolute atomic E-state index is 0. The first-order valence-electron chi connectivity index (χ1n) is 9.28. The second-order valence-electron chi connectivity index (χ2n) is 6.91. The van der Waals surface area contributed by atoms with Gasteiger partial charge in [0, 0.05) is 37.4 Å². The molecule has 2 N–H and O–H groups in total.